The summed E-state index contributed by atoms with van der Waals surface area (Å²) >= 11 is 0. The van der Waals surface area contributed by atoms with Crippen molar-refractivity contribution in [2.24, 2.45) is 5.92 Å². The molecule has 0 bridgehead atoms. The molecule has 0 amide bonds. The molecule has 6 nitrogen and oxygen atoms in total. The fourth-order valence-electron chi connectivity index (χ4n) is 2.58. The molecular weight excluding hydrogens is 202 g/mol. The predicted octanol–water partition coefficient (Wildman–Crippen LogP) is -0.755. The molecule has 2 saturated heterocycles. The first-order valence-electron chi connectivity index (χ1n) is 4.76. The summed E-state index contributed by atoms with van der Waals surface area (Å²) in [6, 6.07) is 0.109. The van der Waals surface area contributed by atoms with Crippen molar-refractivity contribution in [2.75, 3.05) is 20.3 Å². The number of nitrogens with zero attached hydrogens (tertiary/aromatic N) is 1. The van der Waals surface area contributed by atoms with Crippen LogP contribution in [0.1, 0.15) is 6.42 Å². The lowest BCUT2D eigenvalue weighted by Gasteiger charge is -2.31. The second-order valence-corrected chi connectivity index (χ2v) is 4.10. The third kappa shape index (κ3) is 1.25. The highest BCUT2D eigenvalue weighted by Crippen LogP contribution is 2.48. The Morgan fingerprint density at radius 1 is 1.53 bits per heavy atom. The normalized spacial score (nSPS) is 42.3. The highest BCUT2D eigenvalue weighted by atomic mass is 16.5. The van der Waals surface area contributed by atoms with Crippen LogP contribution in [0.15, 0.2) is 0 Å². The van der Waals surface area contributed by atoms with Crippen LogP contribution in [0.4, 0.5) is 0 Å². The summed E-state index contributed by atoms with van der Waals surface area (Å²) in [5.41, 5.74) is -1.36. The molecule has 4 atom stereocenters. The number of carboxylic acids is 2. The summed E-state index contributed by atoms with van der Waals surface area (Å²) in [5.74, 6) is -3.02. The third-order valence-corrected chi connectivity index (χ3v) is 3.34. The monoisotopic (exact) mass is 215 g/mol. The lowest BCUT2D eigenvalue weighted by molar-refractivity contribution is -0.162. The van der Waals surface area contributed by atoms with Gasteiger partial charge in [-0.2, -0.15) is 0 Å². The number of aliphatic carboxylic acids is 2. The summed E-state index contributed by atoms with van der Waals surface area (Å²) in [6.45, 7) is 0.593. The van der Waals surface area contributed by atoms with Crippen LogP contribution in [0.3, 0.4) is 0 Å². The molecule has 2 fully saturated rings. The Morgan fingerprint density at radius 2 is 2.20 bits per heavy atom. The second kappa shape index (κ2) is 3.18. The van der Waals surface area contributed by atoms with Crippen LogP contribution in [0.2, 0.25) is 0 Å². The van der Waals surface area contributed by atoms with E-state index in [4.69, 9.17) is 9.84 Å². The van der Waals surface area contributed by atoms with Crippen molar-refractivity contribution in [3.05, 3.63) is 0 Å². The number of carbonyl (C=O) groups is 2. The number of rotatable bonds is 4. The maximum Gasteiger partial charge on any atom is 0.327 e. The zero-order valence-corrected chi connectivity index (χ0v) is 8.34. The molecule has 0 saturated carbocycles. The average Bonchev–Trinajstić information content (AvgIpc) is 2.84. The van der Waals surface area contributed by atoms with E-state index in [9.17, 15) is 14.7 Å². The minimum absolute atomic E-state index is 0.0736. The molecule has 6 heteroatoms. The molecule has 84 valence electrons. The third-order valence-electron chi connectivity index (χ3n) is 3.34. The van der Waals surface area contributed by atoms with E-state index in [-0.39, 0.29) is 12.6 Å². The smallest absolute Gasteiger partial charge is 0.327 e. The van der Waals surface area contributed by atoms with E-state index in [2.05, 4.69) is 0 Å². The van der Waals surface area contributed by atoms with Crippen LogP contribution in [-0.2, 0) is 14.3 Å². The Kier molecular flexibility index (Phi) is 2.20. The SMILES string of the molecule is COCC1(C(=O)O)[C@@H](C(=O)O)C[C@H]2CN21. The molecule has 2 heterocycles. The summed E-state index contributed by atoms with van der Waals surface area (Å²) < 4.78 is 4.88. The minimum Gasteiger partial charge on any atom is -0.481 e. The largest absolute Gasteiger partial charge is 0.481 e. The van der Waals surface area contributed by atoms with E-state index in [1.165, 1.54) is 7.11 Å². The van der Waals surface area contributed by atoms with Gasteiger partial charge in [0.25, 0.3) is 0 Å². The van der Waals surface area contributed by atoms with E-state index < -0.39 is 23.4 Å². The van der Waals surface area contributed by atoms with Gasteiger partial charge in [-0.3, -0.25) is 14.5 Å². The van der Waals surface area contributed by atoms with Gasteiger partial charge in [-0.15, -0.1) is 0 Å². The van der Waals surface area contributed by atoms with E-state index in [1.807, 2.05) is 0 Å². The van der Waals surface area contributed by atoms with Crippen LogP contribution in [0, 0.1) is 5.92 Å². The van der Waals surface area contributed by atoms with Crippen molar-refractivity contribution >= 4 is 11.9 Å². The van der Waals surface area contributed by atoms with Crippen molar-refractivity contribution in [1.29, 1.82) is 0 Å². The second-order valence-electron chi connectivity index (χ2n) is 4.10. The summed E-state index contributed by atoms with van der Waals surface area (Å²) in [6.07, 6.45) is 0.408. The molecule has 2 N–H and O–H groups in total. The number of hydrogen-bond acceptors (Lipinski definition) is 4. The summed E-state index contributed by atoms with van der Waals surface area (Å²) in [7, 11) is 1.39. The molecule has 2 rings (SSSR count). The molecule has 2 aliphatic rings. The maximum absolute atomic E-state index is 11.3. The number of ether oxygens (including phenoxy) is 1. The Bertz CT molecular complexity index is 318. The molecule has 0 aromatic heterocycles. The first-order valence-corrected chi connectivity index (χ1v) is 4.76. The van der Waals surface area contributed by atoms with Gasteiger partial charge in [-0.1, -0.05) is 0 Å². The van der Waals surface area contributed by atoms with Gasteiger partial charge in [0.1, 0.15) is 0 Å². The van der Waals surface area contributed by atoms with Crippen molar-refractivity contribution in [1.82, 2.24) is 4.90 Å². The lowest BCUT2D eigenvalue weighted by Crippen LogP contribution is -2.55. The molecule has 2 unspecified atom stereocenters. The van der Waals surface area contributed by atoms with Crippen molar-refractivity contribution < 1.29 is 24.5 Å². The highest BCUT2D eigenvalue weighted by Gasteiger charge is 2.68. The number of piperidine rings is 1. The topological polar surface area (TPSA) is 86.8 Å². The van der Waals surface area contributed by atoms with E-state index >= 15 is 0 Å². The van der Waals surface area contributed by atoms with Crippen LogP contribution in [-0.4, -0.2) is 58.9 Å². The molecule has 15 heavy (non-hydrogen) atoms. The average molecular weight is 215 g/mol. The predicted molar refractivity (Wildman–Crippen MR) is 48.5 cm³/mol. The van der Waals surface area contributed by atoms with Crippen LogP contribution in [0.5, 0.6) is 0 Å². The van der Waals surface area contributed by atoms with Crippen molar-refractivity contribution in [3.8, 4) is 0 Å². The standard InChI is InChI=1S/C9H13NO5/c1-15-4-9(8(13)14)6(7(11)12)2-5-3-10(5)9/h5-6H,2-4H2,1H3,(H,11,12)(H,13,14)/t5-,6+,9?,10?/m0/s1. The van der Waals surface area contributed by atoms with Gasteiger partial charge in [-0.25, -0.2) is 0 Å². The lowest BCUT2D eigenvalue weighted by atomic mass is 9.84. The summed E-state index contributed by atoms with van der Waals surface area (Å²) in [5, 5.41) is 18.2. The number of fused-ring (bicyclic) bond motifs is 1. The number of hydrogen-bond donors (Lipinski definition) is 2. The van der Waals surface area contributed by atoms with Gasteiger partial charge < -0.3 is 14.9 Å². The van der Waals surface area contributed by atoms with Crippen LogP contribution in [0.25, 0.3) is 0 Å². The van der Waals surface area contributed by atoms with Crippen molar-refractivity contribution in [2.45, 2.75) is 18.0 Å². The first kappa shape index (κ1) is 10.4. The molecule has 0 aromatic rings. The van der Waals surface area contributed by atoms with E-state index in [0.717, 1.165) is 0 Å². The zero-order valence-electron chi connectivity index (χ0n) is 8.34. The molecule has 2 aliphatic heterocycles. The van der Waals surface area contributed by atoms with E-state index in [0.29, 0.717) is 13.0 Å². The fraction of sp³-hybridized carbons (Fsp3) is 0.778. The molecular formula is C9H13NO5. The molecule has 0 aliphatic carbocycles. The van der Waals surface area contributed by atoms with E-state index in [1.54, 1.807) is 4.90 Å². The molecule has 0 radical (unpaired) electrons. The van der Waals surface area contributed by atoms with Gasteiger partial charge in [-0.05, 0) is 6.42 Å². The Balaban J connectivity index is 2.33. The van der Waals surface area contributed by atoms with Gasteiger partial charge in [0.2, 0.25) is 0 Å². The Morgan fingerprint density at radius 3 is 2.67 bits per heavy atom. The zero-order chi connectivity index (χ0) is 11.2. The van der Waals surface area contributed by atoms with Crippen LogP contribution >= 0.6 is 0 Å². The maximum atomic E-state index is 11.3. The Hall–Kier alpha value is -1.14. The van der Waals surface area contributed by atoms with Crippen molar-refractivity contribution in [3.63, 3.8) is 0 Å². The highest BCUT2D eigenvalue weighted by molar-refractivity contribution is 5.89. The van der Waals surface area contributed by atoms with Crippen LogP contribution < -0.4 is 0 Å². The summed E-state index contributed by atoms with van der Waals surface area (Å²) in [4.78, 5) is 24.0. The fourth-order valence-corrected chi connectivity index (χ4v) is 2.58. The quantitative estimate of drug-likeness (QED) is 0.600. The van der Waals surface area contributed by atoms with Gasteiger partial charge in [0, 0.05) is 19.7 Å². The number of methoxy groups -OCH3 is 1. The van der Waals surface area contributed by atoms with Gasteiger partial charge in [0.05, 0.1) is 12.5 Å². The number of carboxylic acid groups (broad SMARTS) is 2. The Labute approximate surface area is 86.4 Å². The first-order chi connectivity index (χ1) is 7.04. The van der Waals surface area contributed by atoms with Gasteiger partial charge in [0.15, 0.2) is 5.54 Å². The molecule has 0 spiro atoms. The molecule has 0 aromatic carbocycles. The minimum atomic E-state index is -1.36. The van der Waals surface area contributed by atoms with Gasteiger partial charge >= 0.3 is 11.9 Å².